The van der Waals surface area contributed by atoms with Crippen molar-refractivity contribution in [3.63, 3.8) is 0 Å². The summed E-state index contributed by atoms with van der Waals surface area (Å²) >= 11 is 11.3. The molecule has 0 aromatic heterocycles. The van der Waals surface area contributed by atoms with E-state index in [0.29, 0.717) is 0 Å². The second kappa shape index (κ2) is 5.58. The molecule has 0 amide bonds. The first-order valence-corrected chi connectivity index (χ1v) is 5.81. The molecular weight excluding hydrogens is 258 g/mol. The fourth-order valence-electron chi connectivity index (χ4n) is 0.711. The molecule has 0 saturated carbocycles. The van der Waals surface area contributed by atoms with Crippen molar-refractivity contribution in [2.24, 2.45) is 0 Å². The SMILES string of the molecule is CS(=O)(=O)Oc1cccc(Cl)c1Cl.[H-].[Na+]. The number of rotatable bonds is 2. The molecule has 0 unspecified atom stereocenters. The van der Waals surface area contributed by atoms with Crippen LogP contribution in [0.15, 0.2) is 18.2 Å². The van der Waals surface area contributed by atoms with Gasteiger partial charge < -0.3 is 5.61 Å². The maximum absolute atomic E-state index is 10.7. The molecule has 74 valence electrons. The Morgan fingerprint density at radius 1 is 1.36 bits per heavy atom. The van der Waals surface area contributed by atoms with Crippen LogP contribution in [-0.4, -0.2) is 14.7 Å². The minimum absolute atomic E-state index is 0. The van der Waals surface area contributed by atoms with Gasteiger partial charge in [-0.2, -0.15) is 8.42 Å². The quantitative estimate of drug-likeness (QED) is 0.532. The van der Waals surface area contributed by atoms with E-state index in [9.17, 15) is 8.42 Å². The van der Waals surface area contributed by atoms with Crippen LogP contribution in [-0.2, 0) is 10.1 Å². The van der Waals surface area contributed by atoms with Crippen LogP contribution in [0.1, 0.15) is 1.43 Å². The van der Waals surface area contributed by atoms with Crippen LogP contribution in [0.3, 0.4) is 0 Å². The Morgan fingerprint density at radius 2 is 1.93 bits per heavy atom. The van der Waals surface area contributed by atoms with Gasteiger partial charge in [0.15, 0.2) is 5.75 Å². The molecule has 1 aromatic rings. The second-order valence-electron chi connectivity index (χ2n) is 2.34. The molecule has 0 atom stereocenters. The van der Waals surface area contributed by atoms with Crippen molar-refractivity contribution in [1.29, 1.82) is 0 Å². The molecule has 0 fully saturated rings. The zero-order chi connectivity index (χ0) is 10.1. The average molecular weight is 265 g/mol. The van der Waals surface area contributed by atoms with Crippen LogP contribution >= 0.6 is 23.2 Å². The smallest absolute Gasteiger partial charge is 1.00 e. The first-order valence-electron chi connectivity index (χ1n) is 3.23. The van der Waals surface area contributed by atoms with E-state index in [1.54, 1.807) is 12.1 Å². The van der Waals surface area contributed by atoms with Gasteiger partial charge in [0.1, 0.15) is 5.02 Å². The van der Waals surface area contributed by atoms with E-state index in [1.807, 2.05) is 0 Å². The van der Waals surface area contributed by atoms with E-state index in [4.69, 9.17) is 23.2 Å². The summed E-state index contributed by atoms with van der Waals surface area (Å²) in [6.45, 7) is 0. The maximum atomic E-state index is 10.7. The summed E-state index contributed by atoms with van der Waals surface area (Å²) in [5, 5.41) is 0.345. The van der Waals surface area contributed by atoms with Crippen molar-refractivity contribution in [2.75, 3.05) is 6.26 Å². The molecule has 1 aromatic carbocycles. The first-order chi connectivity index (χ1) is 5.90. The molecule has 0 aliphatic carbocycles. The first kappa shape index (κ1) is 14.6. The standard InChI is InChI=1S/C7H6Cl2O3S.Na.H/c1-13(10,11)12-6-4-2-3-5(8)7(6)9;;/h2-4H,1H3;;/q;+1;-1. The summed E-state index contributed by atoms with van der Waals surface area (Å²) < 4.78 is 26.0. The molecule has 0 saturated heterocycles. The summed E-state index contributed by atoms with van der Waals surface area (Å²) in [5.74, 6) is 0.0386. The molecular formula is C7H7Cl2NaO3S. The molecule has 1 rings (SSSR count). The number of hydrogen-bond acceptors (Lipinski definition) is 3. The molecule has 14 heavy (non-hydrogen) atoms. The third-order valence-corrected chi connectivity index (χ3v) is 2.44. The predicted octanol–water partition coefficient (Wildman–Crippen LogP) is -0.552. The monoisotopic (exact) mass is 264 g/mol. The van der Waals surface area contributed by atoms with E-state index in [1.165, 1.54) is 6.07 Å². The van der Waals surface area contributed by atoms with Gasteiger partial charge in [-0.05, 0) is 12.1 Å². The molecule has 0 heterocycles. The topological polar surface area (TPSA) is 43.4 Å². The minimum Gasteiger partial charge on any atom is -1.00 e. The third-order valence-electron chi connectivity index (χ3n) is 1.16. The normalized spacial score (nSPS) is 10.5. The summed E-state index contributed by atoms with van der Waals surface area (Å²) in [6, 6.07) is 4.52. The number of hydrogen-bond donors (Lipinski definition) is 0. The molecule has 0 aliphatic rings. The van der Waals surface area contributed by atoms with Crippen molar-refractivity contribution < 1.29 is 43.6 Å². The van der Waals surface area contributed by atoms with Crippen molar-refractivity contribution >= 4 is 33.3 Å². The second-order valence-corrected chi connectivity index (χ2v) is 4.70. The van der Waals surface area contributed by atoms with Crippen molar-refractivity contribution in [3.05, 3.63) is 28.2 Å². The van der Waals surface area contributed by atoms with Crippen LogP contribution in [0, 0.1) is 0 Å². The number of halogens is 2. The molecule has 0 N–H and O–H groups in total. The van der Waals surface area contributed by atoms with Crippen LogP contribution in [0.2, 0.25) is 10.0 Å². The largest absolute Gasteiger partial charge is 1.00 e. The Bertz CT molecular complexity index is 424. The van der Waals surface area contributed by atoms with Crippen molar-refractivity contribution in [1.82, 2.24) is 0 Å². The van der Waals surface area contributed by atoms with Gasteiger partial charge >= 0.3 is 39.7 Å². The van der Waals surface area contributed by atoms with Gasteiger partial charge in [-0.3, -0.25) is 0 Å². The van der Waals surface area contributed by atoms with Gasteiger partial charge in [0.2, 0.25) is 0 Å². The van der Waals surface area contributed by atoms with Crippen LogP contribution in [0.4, 0.5) is 0 Å². The fourth-order valence-corrected chi connectivity index (χ4v) is 1.55. The molecule has 3 nitrogen and oxygen atoms in total. The molecule has 0 radical (unpaired) electrons. The molecule has 0 spiro atoms. The van der Waals surface area contributed by atoms with Gasteiger partial charge in [-0.15, -0.1) is 0 Å². The van der Waals surface area contributed by atoms with Gasteiger partial charge in [0.05, 0.1) is 11.3 Å². The third kappa shape index (κ3) is 4.38. The van der Waals surface area contributed by atoms with Crippen LogP contribution in [0.5, 0.6) is 5.75 Å². The molecule has 0 aliphatic heterocycles. The number of benzene rings is 1. The van der Waals surface area contributed by atoms with Gasteiger partial charge in [-0.1, -0.05) is 29.3 Å². The van der Waals surface area contributed by atoms with Crippen LogP contribution in [0.25, 0.3) is 0 Å². The zero-order valence-electron chi connectivity index (χ0n) is 8.62. The minimum atomic E-state index is -3.56. The summed E-state index contributed by atoms with van der Waals surface area (Å²) in [6.07, 6.45) is 0.935. The molecule has 7 heteroatoms. The van der Waals surface area contributed by atoms with E-state index in [-0.39, 0.29) is 46.8 Å². The zero-order valence-corrected chi connectivity index (χ0v) is 11.9. The Hall–Kier alpha value is 0.550. The van der Waals surface area contributed by atoms with E-state index in [0.717, 1.165) is 6.26 Å². The molecule has 0 bridgehead atoms. The summed E-state index contributed by atoms with van der Waals surface area (Å²) in [7, 11) is -3.56. The Kier molecular flexibility index (Phi) is 5.80. The Balaban J connectivity index is 0. The van der Waals surface area contributed by atoms with E-state index < -0.39 is 10.1 Å². The maximum Gasteiger partial charge on any atom is 1.00 e. The van der Waals surface area contributed by atoms with E-state index >= 15 is 0 Å². The van der Waals surface area contributed by atoms with E-state index in [2.05, 4.69) is 4.18 Å². The van der Waals surface area contributed by atoms with Gasteiger partial charge in [0, 0.05) is 0 Å². The van der Waals surface area contributed by atoms with Gasteiger partial charge in [0.25, 0.3) is 0 Å². The Morgan fingerprint density at radius 3 is 2.43 bits per heavy atom. The predicted molar refractivity (Wildman–Crippen MR) is 53.0 cm³/mol. The summed E-state index contributed by atoms with van der Waals surface area (Å²) in [5.41, 5.74) is 0. The van der Waals surface area contributed by atoms with Crippen molar-refractivity contribution in [3.8, 4) is 5.75 Å². The van der Waals surface area contributed by atoms with Gasteiger partial charge in [-0.25, -0.2) is 0 Å². The fraction of sp³-hybridized carbons (Fsp3) is 0.143. The summed E-state index contributed by atoms with van der Waals surface area (Å²) in [4.78, 5) is 0. The van der Waals surface area contributed by atoms with Crippen LogP contribution < -0.4 is 33.7 Å². The Labute approximate surface area is 116 Å². The van der Waals surface area contributed by atoms with Crippen molar-refractivity contribution in [2.45, 2.75) is 0 Å². The average Bonchev–Trinajstić information content (AvgIpc) is 1.96.